The summed E-state index contributed by atoms with van der Waals surface area (Å²) < 4.78 is 37.0. The second-order valence-corrected chi connectivity index (χ2v) is 10.7. The van der Waals surface area contributed by atoms with Gasteiger partial charge in [0.1, 0.15) is 0 Å². The fourth-order valence-electron chi connectivity index (χ4n) is 3.17. The normalized spacial score (nSPS) is 15.7. The van der Waals surface area contributed by atoms with Crippen molar-refractivity contribution in [2.24, 2.45) is 0 Å². The van der Waals surface area contributed by atoms with Gasteiger partial charge in [0.25, 0.3) is 0 Å². The van der Waals surface area contributed by atoms with Gasteiger partial charge in [0.05, 0.1) is 0 Å². The zero-order chi connectivity index (χ0) is 20.3. The minimum absolute atomic E-state index is 0.479. The summed E-state index contributed by atoms with van der Waals surface area (Å²) in [4.78, 5) is 0. The SMILES string of the molecule is C=C1CC=CC([Si](OCC)(OCC)OCC)=C1[Si](OCC)(OCC)OCC. The first-order valence-corrected chi connectivity index (χ1v) is 13.4. The minimum Gasteiger partial charge on any atom is -0.370 e. The highest BCUT2D eigenvalue weighted by molar-refractivity contribution is 6.77. The quantitative estimate of drug-likeness (QED) is 0.399. The molecule has 0 bridgehead atoms. The molecule has 27 heavy (non-hydrogen) atoms. The number of allylic oxidation sites excluding steroid dienone is 5. The topological polar surface area (TPSA) is 55.4 Å². The molecule has 0 aromatic heterocycles. The van der Waals surface area contributed by atoms with Crippen molar-refractivity contribution >= 4 is 17.6 Å². The van der Waals surface area contributed by atoms with E-state index in [1.165, 1.54) is 0 Å². The van der Waals surface area contributed by atoms with Gasteiger partial charge >= 0.3 is 17.6 Å². The van der Waals surface area contributed by atoms with Crippen LogP contribution in [0.2, 0.25) is 0 Å². The van der Waals surface area contributed by atoms with E-state index in [1.54, 1.807) is 0 Å². The van der Waals surface area contributed by atoms with Crippen molar-refractivity contribution in [1.82, 2.24) is 0 Å². The summed E-state index contributed by atoms with van der Waals surface area (Å²) in [6.07, 6.45) is 4.79. The smallest absolute Gasteiger partial charge is 0.370 e. The molecule has 0 unspecified atom stereocenters. The maximum Gasteiger partial charge on any atom is 0.537 e. The highest BCUT2D eigenvalue weighted by Gasteiger charge is 2.55. The molecule has 0 aromatic rings. The predicted octanol–water partition coefficient (Wildman–Crippen LogP) is 3.97. The van der Waals surface area contributed by atoms with Gasteiger partial charge in [-0.15, -0.1) is 0 Å². The largest absolute Gasteiger partial charge is 0.537 e. The Morgan fingerprint density at radius 2 is 1.07 bits per heavy atom. The van der Waals surface area contributed by atoms with E-state index in [4.69, 9.17) is 26.6 Å². The lowest BCUT2D eigenvalue weighted by Crippen LogP contribution is -2.55. The molecule has 0 aromatic carbocycles. The zero-order valence-electron chi connectivity index (χ0n) is 17.8. The van der Waals surface area contributed by atoms with Gasteiger partial charge in [0.2, 0.25) is 0 Å². The predicted molar refractivity (Wildman–Crippen MR) is 111 cm³/mol. The Balaban J connectivity index is 3.74. The lowest BCUT2D eigenvalue weighted by Gasteiger charge is -2.38. The third-order valence-corrected chi connectivity index (χ3v) is 10.5. The summed E-state index contributed by atoms with van der Waals surface area (Å²) >= 11 is 0. The fourth-order valence-corrected chi connectivity index (χ4v) is 9.52. The van der Waals surface area contributed by atoms with Crippen LogP contribution in [-0.2, 0) is 26.6 Å². The van der Waals surface area contributed by atoms with Crippen molar-refractivity contribution in [3.05, 3.63) is 34.7 Å². The van der Waals surface area contributed by atoms with Gasteiger partial charge < -0.3 is 26.6 Å². The molecule has 1 aliphatic carbocycles. The highest BCUT2D eigenvalue weighted by Crippen LogP contribution is 2.38. The molecular weight excluding hydrogens is 380 g/mol. The van der Waals surface area contributed by atoms with Crippen LogP contribution in [0.3, 0.4) is 0 Å². The lowest BCUT2D eigenvalue weighted by atomic mass is 10.1. The van der Waals surface area contributed by atoms with E-state index in [-0.39, 0.29) is 0 Å². The van der Waals surface area contributed by atoms with Gasteiger partial charge in [0.15, 0.2) is 0 Å². The highest BCUT2D eigenvalue weighted by atomic mass is 28.4. The van der Waals surface area contributed by atoms with Crippen LogP contribution in [-0.4, -0.2) is 57.3 Å². The van der Waals surface area contributed by atoms with E-state index in [0.717, 1.165) is 16.0 Å². The van der Waals surface area contributed by atoms with Gasteiger partial charge in [-0.3, -0.25) is 0 Å². The van der Waals surface area contributed by atoms with E-state index in [1.807, 2.05) is 47.6 Å². The number of hydrogen-bond acceptors (Lipinski definition) is 6. The second kappa shape index (κ2) is 12.1. The zero-order valence-corrected chi connectivity index (χ0v) is 19.8. The van der Waals surface area contributed by atoms with Gasteiger partial charge in [-0.1, -0.05) is 18.7 Å². The molecule has 0 aliphatic heterocycles. The van der Waals surface area contributed by atoms with Crippen molar-refractivity contribution < 1.29 is 26.6 Å². The molecule has 1 rings (SSSR count). The third-order valence-electron chi connectivity index (χ3n) is 3.91. The fraction of sp³-hybridized carbons (Fsp3) is 0.684. The molecule has 0 radical (unpaired) electrons. The van der Waals surface area contributed by atoms with Crippen LogP contribution in [0.5, 0.6) is 0 Å². The van der Waals surface area contributed by atoms with Crippen LogP contribution in [0, 0.1) is 0 Å². The Morgan fingerprint density at radius 3 is 1.44 bits per heavy atom. The van der Waals surface area contributed by atoms with Gasteiger partial charge in [-0.05, 0) is 53.5 Å². The van der Waals surface area contributed by atoms with Crippen molar-refractivity contribution in [3.8, 4) is 0 Å². The molecule has 0 fully saturated rings. The summed E-state index contributed by atoms with van der Waals surface area (Å²) in [5, 5.41) is 1.71. The van der Waals surface area contributed by atoms with Crippen LogP contribution in [0.4, 0.5) is 0 Å². The third kappa shape index (κ3) is 5.71. The minimum atomic E-state index is -3.19. The molecule has 0 spiro atoms. The molecule has 156 valence electrons. The van der Waals surface area contributed by atoms with Gasteiger partial charge in [-0.2, -0.15) is 0 Å². The van der Waals surface area contributed by atoms with Gasteiger partial charge in [0, 0.05) is 50.0 Å². The Labute approximate surface area is 166 Å². The molecule has 0 heterocycles. The molecule has 0 amide bonds. The standard InChI is InChI=1S/C19H36O6Si2/c1-8-20-26(21-9-2,22-10-3)18-16-14-15-17(7)19(18)27(23-11-4,24-12-5)25-13-6/h14,16H,7-13,15H2,1-6H3. The molecule has 8 heteroatoms. The first-order chi connectivity index (χ1) is 13.0. The summed E-state index contributed by atoms with van der Waals surface area (Å²) in [5.74, 6) is 0. The summed E-state index contributed by atoms with van der Waals surface area (Å²) in [7, 11) is -6.36. The molecule has 1 aliphatic rings. The average molecular weight is 417 g/mol. The van der Waals surface area contributed by atoms with E-state index < -0.39 is 17.6 Å². The molecule has 6 nitrogen and oxygen atoms in total. The summed E-state index contributed by atoms with van der Waals surface area (Å²) in [5.41, 5.74) is 0.908. The first kappa shape index (κ1) is 24.5. The number of rotatable bonds is 14. The van der Waals surface area contributed by atoms with E-state index >= 15 is 0 Å². The van der Waals surface area contributed by atoms with Gasteiger partial charge in [-0.25, -0.2) is 0 Å². The first-order valence-electron chi connectivity index (χ1n) is 9.94. The van der Waals surface area contributed by atoms with Crippen molar-refractivity contribution in [3.63, 3.8) is 0 Å². The second-order valence-electron chi connectivity index (χ2n) is 5.71. The maximum atomic E-state index is 6.18. The lowest BCUT2D eigenvalue weighted by molar-refractivity contribution is 0.0746. The molecule has 0 N–H and O–H groups in total. The summed E-state index contributed by atoms with van der Waals surface area (Å²) in [6, 6.07) is 0. The van der Waals surface area contributed by atoms with E-state index in [2.05, 4.69) is 12.7 Å². The van der Waals surface area contributed by atoms with Crippen LogP contribution in [0.15, 0.2) is 34.7 Å². The Kier molecular flexibility index (Phi) is 10.9. The van der Waals surface area contributed by atoms with Crippen molar-refractivity contribution in [2.75, 3.05) is 39.6 Å². The Hall–Kier alpha value is -0.586. The van der Waals surface area contributed by atoms with Crippen LogP contribution in [0.1, 0.15) is 48.0 Å². The van der Waals surface area contributed by atoms with E-state index in [0.29, 0.717) is 46.1 Å². The van der Waals surface area contributed by atoms with Crippen LogP contribution in [0.25, 0.3) is 0 Å². The molecule has 0 saturated heterocycles. The molecule has 0 atom stereocenters. The average Bonchev–Trinajstić information content (AvgIpc) is 2.62. The monoisotopic (exact) mass is 416 g/mol. The van der Waals surface area contributed by atoms with Crippen LogP contribution >= 0.6 is 0 Å². The molecule has 0 saturated carbocycles. The Morgan fingerprint density at radius 1 is 0.704 bits per heavy atom. The van der Waals surface area contributed by atoms with Crippen molar-refractivity contribution in [2.45, 2.75) is 48.0 Å². The number of hydrogen-bond donors (Lipinski definition) is 0. The van der Waals surface area contributed by atoms with E-state index in [9.17, 15) is 0 Å². The molecular formula is C19H36O6Si2. The van der Waals surface area contributed by atoms with Crippen molar-refractivity contribution in [1.29, 1.82) is 0 Å². The maximum absolute atomic E-state index is 6.18. The van der Waals surface area contributed by atoms with Crippen LogP contribution < -0.4 is 0 Å². The Bertz CT molecular complexity index is 498. The summed E-state index contributed by atoms with van der Waals surface area (Å²) in [6.45, 7) is 18.8.